The van der Waals surface area contributed by atoms with Crippen molar-refractivity contribution in [3.8, 4) is 0 Å². The van der Waals surface area contributed by atoms with Crippen molar-refractivity contribution in [1.29, 1.82) is 0 Å². The van der Waals surface area contributed by atoms with Crippen molar-refractivity contribution in [2.45, 2.75) is 117 Å². The van der Waals surface area contributed by atoms with E-state index in [1.165, 1.54) is 17.4 Å². The molecule has 39 heavy (non-hydrogen) atoms. The topological polar surface area (TPSA) is 109 Å². The number of epoxide rings is 1. The molecule has 3 heterocycles. The first kappa shape index (κ1) is 31.6. The minimum atomic E-state index is -1.38. The number of fused-ring (bicyclic) bond motifs is 1. The van der Waals surface area contributed by atoms with E-state index >= 15 is 4.39 Å². The molecule has 1 aromatic rings. The van der Waals surface area contributed by atoms with E-state index in [1.54, 1.807) is 19.2 Å². The lowest BCUT2D eigenvalue weighted by Gasteiger charge is -2.35. The number of ether oxygens (including phenoxy) is 2. The van der Waals surface area contributed by atoms with Gasteiger partial charge in [-0.3, -0.25) is 9.59 Å². The Bertz CT molecular complexity index is 1090. The van der Waals surface area contributed by atoms with E-state index in [1.807, 2.05) is 40.7 Å². The number of Topliss-reactive ketones (excluding diaryl/α,β-unsaturated/α-hetero) is 1. The number of rotatable bonds is 4. The second kappa shape index (κ2) is 12.7. The molecule has 3 rings (SSSR count). The SMILES string of the molecule is CC(C)=CCC1C(=O)C(C)(C)C(O)CC(=O)OC(C(F)=Cc2csc(C)n2)CC2OC2(C)CCCC(C)C1O. The van der Waals surface area contributed by atoms with E-state index in [9.17, 15) is 19.8 Å². The maximum atomic E-state index is 15.4. The molecule has 218 valence electrons. The van der Waals surface area contributed by atoms with Crippen LogP contribution in [0.1, 0.15) is 90.8 Å². The molecule has 0 spiro atoms. The predicted molar refractivity (Wildman–Crippen MR) is 150 cm³/mol. The highest BCUT2D eigenvalue weighted by molar-refractivity contribution is 7.09. The summed E-state index contributed by atoms with van der Waals surface area (Å²) >= 11 is 1.39. The van der Waals surface area contributed by atoms with Crippen LogP contribution in [0.5, 0.6) is 0 Å². The van der Waals surface area contributed by atoms with Crippen LogP contribution in [0, 0.1) is 24.2 Å². The number of aliphatic hydroxyl groups is 2. The monoisotopic (exact) mass is 565 g/mol. The van der Waals surface area contributed by atoms with Crippen LogP contribution >= 0.6 is 11.3 Å². The van der Waals surface area contributed by atoms with E-state index in [-0.39, 0.29) is 24.2 Å². The van der Waals surface area contributed by atoms with Crippen LogP contribution in [0.2, 0.25) is 0 Å². The van der Waals surface area contributed by atoms with Crippen LogP contribution in [0.15, 0.2) is 22.9 Å². The lowest BCUT2D eigenvalue weighted by molar-refractivity contribution is -0.155. The number of carbonyl (C=O) groups is 2. The van der Waals surface area contributed by atoms with Crippen molar-refractivity contribution < 1.29 is 33.7 Å². The molecule has 2 fully saturated rings. The normalized spacial score (nSPS) is 34.7. The highest BCUT2D eigenvalue weighted by atomic mass is 32.1. The maximum Gasteiger partial charge on any atom is 0.309 e. The van der Waals surface area contributed by atoms with Gasteiger partial charge in [-0.2, -0.15) is 0 Å². The van der Waals surface area contributed by atoms with E-state index in [4.69, 9.17) is 9.47 Å². The molecule has 2 N–H and O–H groups in total. The fourth-order valence-corrected chi connectivity index (χ4v) is 5.84. The van der Waals surface area contributed by atoms with Crippen molar-refractivity contribution in [2.24, 2.45) is 17.3 Å². The molecule has 9 heteroatoms. The molecule has 7 unspecified atom stereocenters. The lowest BCUT2D eigenvalue weighted by Crippen LogP contribution is -2.46. The Kier molecular flexibility index (Phi) is 10.3. The van der Waals surface area contributed by atoms with E-state index in [2.05, 4.69) is 4.98 Å². The fourth-order valence-electron chi connectivity index (χ4n) is 5.27. The fraction of sp³-hybridized carbons (Fsp3) is 0.700. The average Bonchev–Trinajstić information content (AvgIpc) is 3.29. The van der Waals surface area contributed by atoms with Crippen LogP contribution in [0.4, 0.5) is 4.39 Å². The number of hydrogen-bond donors (Lipinski definition) is 2. The van der Waals surface area contributed by atoms with E-state index in [0.29, 0.717) is 25.0 Å². The van der Waals surface area contributed by atoms with Gasteiger partial charge in [0, 0.05) is 17.7 Å². The van der Waals surface area contributed by atoms with Gasteiger partial charge in [0.25, 0.3) is 0 Å². The van der Waals surface area contributed by atoms with Gasteiger partial charge in [0.1, 0.15) is 11.6 Å². The molecule has 7 atom stereocenters. The molecule has 2 aliphatic heterocycles. The van der Waals surface area contributed by atoms with Crippen LogP contribution in [-0.4, -0.2) is 57.0 Å². The second-order valence-corrected chi connectivity index (χ2v) is 13.3. The van der Waals surface area contributed by atoms with Crippen molar-refractivity contribution in [1.82, 2.24) is 4.98 Å². The molecule has 7 nitrogen and oxygen atoms in total. The zero-order valence-electron chi connectivity index (χ0n) is 24.2. The molecule has 1 aromatic heterocycles. The molecule has 0 bridgehead atoms. The number of thiazole rings is 1. The molecule has 2 aliphatic rings. The second-order valence-electron chi connectivity index (χ2n) is 12.2. The van der Waals surface area contributed by atoms with Crippen molar-refractivity contribution in [3.05, 3.63) is 33.6 Å². The van der Waals surface area contributed by atoms with Gasteiger partial charge in [-0.05, 0) is 59.0 Å². The first-order valence-corrected chi connectivity index (χ1v) is 14.7. The summed E-state index contributed by atoms with van der Waals surface area (Å²) in [7, 11) is 0. The average molecular weight is 566 g/mol. The summed E-state index contributed by atoms with van der Waals surface area (Å²) in [6.45, 7) is 12.7. The molecule has 0 amide bonds. The third-order valence-electron chi connectivity index (χ3n) is 8.24. The number of aryl methyl sites for hydroxylation is 1. The number of allylic oxidation sites excluding steroid dienone is 2. The first-order valence-electron chi connectivity index (χ1n) is 13.8. The third-order valence-corrected chi connectivity index (χ3v) is 9.03. The summed E-state index contributed by atoms with van der Waals surface area (Å²) in [5.41, 5.74) is -0.352. The highest BCUT2D eigenvalue weighted by Gasteiger charge is 2.53. The summed E-state index contributed by atoms with van der Waals surface area (Å²) < 4.78 is 26.9. The number of aliphatic hydroxyl groups excluding tert-OH is 2. The van der Waals surface area contributed by atoms with E-state index < -0.39 is 53.5 Å². The number of carbonyl (C=O) groups excluding carboxylic acids is 2. The summed E-state index contributed by atoms with van der Waals surface area (Å²) in [6, 6.07) is 0. The summed E-state index contributed by atoms with van der Waals surface area (Å²) in [6.07, 6.45) is 1.53. The van der Waals surface area contributed by atoms with Gasteiger partial charge in [0.05, 0.1) is 46.5 Å². The van der Waals surface area contributed by atoms with Gasteiger partial charge >= 0.3 is 5.97 Å². The Labute approximate surface area is 235 Å². The Morgan fingerprint density at radius 1 is 1.26 bits per heavy atom. The molecule has 0 saturated carbocycles. The van der Waals surface area contributed by atoms with E-state index in [0.717, 1.165) is 17.0 Å². The number of aromatic nitrogens is 1. The van der Waals surface area contributed by atoms with Gasteiger partial charge in [-0.1, -0.05) is 38.8 Å². The molecule has 0 aliphatic carbocycles. The number of cyclic esters (lactones) is 1. The highest BCUT2D eigenvalue weighted by Crippen LogP contribution is 2.45. The van der Waals surface area contributed by atoms with Crippen LogP contribution < -0.4 is 0 Å². The zero-order chi connectivity index (χ0) is 29.1. The number of esters is 1. The van der Waals surface area contributed by atoms with Crippen LogP contribution in [0.3, 0.4) is 0 Å². The summed E-state index contributed by atoms with van der Waals surface area (Å²) in [5.74, 6) is -2.66. The van der Waals surface area contributed by atoms with Crippen LogP contribution in [-0.2, 0) is 19.1 Å². The molecule has 2 saturated heterocycles. The molecular weight excluding hydrogens is 521 g/mol. The minimum Gasteiger partial charge on any atom is -0.455 e. The van der Waals surface area contributed by atoms with Crippen LogP contribution in [0.25, 0.3) is 6.08 Å². The maximum absolute atomic E-state index is 15.4. The Morgan fingerprint density at radius 3 is 2.56 bits per heavy atom. The predicted octanol–water partition coefficient (Wildman–Crippen LogP) is 5.72. The Balaban J connectivity index is 1.90. The molecule has 0 radical (unpaired) electrons. The Morgan fingerprint density at radius 2 is 1.95 bits per heavy atom. The van der Waals surface area contributed by atoms with Crippen molar-refractivity contribution in [3.63, 3.8) is 0 Å². The number of nitrogens with zero attached hydrogens (tertiary/aromatic N) is 1. The quantitative estimate of drug-likeness (QED) is 0.273. The number of halogens is 1. The summed E-state index contributed by atoms with van der Waals surface area (Å²) in [5, 5.41) is 24.8. The van der Waals surface area contributed by atoms with Gasteiger partial charge in [-0.25, -0.2) is 9.37 Å². The lowest BCUT2D eigenvalue weighted by atomic mass is 9.71. The smallest absolute Gasteiger partial charge is 0.309 e. The first-order chi connectivity index (χ1) is 18.1. The van der Waals surface area contributed by atoms with Crippen molar-refractivity contribution in [2.75, 3.05) is 0 Å². The zero-order valence-corrected chi connectivity index (χ0v) is 25.0. The largest absolute Gasteiger partial charge is 0.455 e. The van der Waals surface area contributed by atoms with Gasteiger partial charge < -0.3 is 19.7 Å². The Hall–Kier alpha value is -1.94. The number of hydrogen-bond acceptors (Lipinski definition) is 8. The molecule has 0 aromatic carbocycles. The van der Waals surface area contributed by atoms with Crippen molar-refractivity contribution >= 4 is 29.2 Å². The number of ketones is 1. The third kappa shape index (κ3) is 8.06. The van der Waals surface area contributed by atoms with Gasteiger partial charge in [0.15, 0.2) is 6.10 Å². The minimum absolute atomic E-state index is 0.134. The van der Waals surface area contributed by atoms with Gasteiger partial charge in [0.2, 0.25) is 0 Å². The summed E-state index contributed by atoms with van der Waals surface area (Å²) in [4.78, 5) is 31.0. The van der Waals surface area contributed by atoms with Gasteiger partial charge in [-0.15, -0.1) is 11.3 Å². The molecular formula is C30H44FNO6S. The standard InChI is InChI=1S/C30H44FNO6S/c1-17(2)10-11-21-27(35)18(3)9-8-12-30(7)25(38-30)14-23(22(31)13-20-16-39-19(4)32-20)37-26(34)15-24(33)29(5,6)28(21)36/h10,13,16,18,21,23-25,27,33,35H,8-9,11-12,14-15H2,1-7H3.